The average molecular weight is 340 g/mol. The number of rotatable bonds is 4. The Morgan fingerprint density at radius 3 is 2.88 bits per heavy atom. The SMILES string of the molecule is CN(CC(=O)N[C@@H]1[C@H]2CCc3ccccc3[C@H]21)C(=O)c1cccs1. The van der Waals surface area contributed by atoms with Crippen LogP contribution >= 0.6 is 11.3 Å². The predicted octanol–water partition coefficient (Wildman–Crippen LogP) is 2.66. The molecule has 4 rings (SSSR count). The molecule has 1 saturated carbocycles. The fourth-order valence-corrected chi connectivity index (χ4v) is 4.59. The zero-order valence-corrected chi connectivity index (χ0v) is 14.4. The van der Waals surface area contributed by atoms with E-state index in [2.05, 4.69) is 29.6 Å². The van der Waals surface area contributed by atoms with Gasteiger partial charge in [0.15, 0.2) is 0 Å². The minimum Gasteiger partial charge on any atom is -0.351 e. The second-order valence-corrected chi connectivity index (χ2v) is 7.61. The summed E-state index contributed by atoms with van der Waals surface area (Å²) >= 11 is 1.40. The molecule has 0 bridgehead atoms. The molecule has 2 amide bonds. The maximum atomic E-state index is 12.3. The molecule has 5 heteroatoms. The highest BCUT2D eigenvalue weighted by Crippen LogP contribution is 2.54. The van der Waals surface area contributed by atoms with Crippen LogP contribution in [0.4, 0.5) is 0 Å². The number of carbonyl (C=O) groups is 2. The molecule has 124 valence electrons. The van der Waals surface area contributed by atoms with Crippen LogP contribution in [0.1, 0.15) is 33.1 Å². The monoisotopic (exact) mass is 340 g/mol. The first-order valence-corrected chi connectivity index (χ1v) is 9.19. The molecule has 1 heterocycles. The van der Waals surface area contributed by atoms with E-state index in [4.69, 9.17) is 0 Å². The van der Waals surface area contributed by atoms with Crippen molar-refractivity contribution < 1.29 is 9.59 Å². The second-order valence-electron chi connectivity index (χ2n) is 6.66. The Hall–Kier alpha value is -2.14. The summed E-state index contributed by atoms with van der Waals surface area (Å²) in [6.07, 6.45) is 2.23. The van der Waals surface area contributed by atoms with Gasteiger partial charge >= 0.3 is 0 Å². The summed E-state index contributed by atoms with van der Waals surface area (Å²) in [4.78, 5) is 26.7. The van der Waals surface area contributed by atoms with Gasteiger partial charge in [0.1, 0.15) is 0 Å². The standard InChI is InChI=1S/C19H20N2O2S/c1-21(19(23)15-7-4-10-24-15)11-16(22)20-18-14-9-8-12-5-2-3-6-13(12)17(14)18/h2-7,10,14,17-18H,8-9,11H2,1H3,(H,20,22)/t14-,17+,18+/m0/s1. The van der Waals surface area contributed by atoms with Gasteiger partial charge in [-0.1, -0.05) is 30.3 Å². The van der Waals surface area contributed by atoms with E-state index in [0.717, 1.165) is 12.8 Å². The molecule has 0 aliphatic heterocycles. The van der Waals surface area contributed by atoms with Crippen LogP contribution in [0.25, 0.3) is 0 Å². The maximum absolute atomic E-state index is 12.3. The van der Waals surface area contributed by atoms with E-state index >= 15 is 0 Å². The van der Waals surface area contributed by atoms with Crippen LogP contribution in [0.5, 0.6) is 0 Å². The topological polar surface area (TPSA) is 49.4 Å². The number of benzene rings is 1. The van der Waals surface area contributed by atoms with Crippen LogP contribution in [-0.2, 0) is 11.2 Å². The number of fused-ring (bicyclic) bond motifs is 3. The molecule has 0 unspecified atom stereocenters. The number of amides is 2. The molecule has 3 atom stereocenters. The minimum absolute atomic E-state index is 0.0701. The normalized spacial score (nSPS) is 23.8. The summed E-state index contributed by atoms with van der Waals surface area (Å²) in [6.45, 7) is 0.105. The minimum atomic E-state index is -0.0984. The van der Waals surface area contributed by atoms with Crippen molar-refractivity contribution in [1.29, 1.82) is 0 Å². The molecule has 0 saturated heterocycles. The summed E-state index contributed by atoms with van der Waals surface area (Å²) in [6, 6.07) is 12.4. The highest BCUT2D eigenvalue weighted by molar-refractivity contribution is 7.12. The summed E-state index contributed by atoms with van der Waals surface area (Å²) < 4.78 is 0. The van der Waals surface area contributed by atoms with Crippen molar-refractivity contribution in [3.63, 3.8) is 0 Å². The first-order valence-electron chi connectivity index (χ1n) is 8.31. The summed E-state index contributed by atoms with van der Waals surface area (Å²) in [5, 5.41) is 5.01. The van der Waals surface area contributed by atoms with Gasteiger partial charge in [0.2, 0.25) is 5.91 Å². The van der Waals surface area contributed by atoms with Crippen LogP contribution in [0.2, 0.25) is 0 Å². The highest BCUT2D eigenvalue weighted by atomic mass is 32.1. The van der Waals surface area contributed by atoms with Gasteiger partial charge in [-0.3, -0.25) is 9.59 Å². The third-order valence-electron chi connectivity index (χ3n) is 5.12. The molecular weight excluding hydrogens is 320 g/mol. The van der Waals surface area contributed by atoms with Crippen LogP contribution in [0, 0.1) is 5.92 Å². The zero-order chi connectivity index (χ0) is 16.7. The zero-order valence-electron chi connectivity index (χ0n) is 13.6. The smallest absolute Gasteiger partial charge is 0.264 e. The van der Waals surface area contributed by atoms with E-state index in [1.165, 1.54) is 27.4 Å². The number of aryl methyl sites for hydroxylation is 1. The van der Waals surface area contributed by atoms with E-state index in [9.17, 15) is 9.59 Å². The van der Waals surface area contributed by atoms with Crippen LogP contribution < -0.4 is 5.32 Å². The fraction of sp³-hybridized carbons (Fsp3) is 0.368. The van der Waals surface area contributed by atoms with Crippen LogP contribution in [0.3, 0.4) is 0 Å². The molecule has 0 radical (unpaired) electrons. The van der Waals surface area contributed by atoms with Gasteiger partial charge in [-0.2, -0.15) is 0 Å². The van der Waals surface area contributed by atoms with Crippen molar-refractivity contribution in [3.8, 4) is 0 Å². The summed E-state index contributed by atoms with van der Waals surface area (Å²) in [5.41, 5.74) is 2.81. The quantitative estimate of drug-likeness (QED) is 0.930. The molecular formula is C19H20N2O2S. The van der Waals surface area contributed by atoms with Crippen molar-refractivity contribution in [2.24, 2.45) is 5.92 Å². The summed E-state index contributed by atoms with van der Waals surface area (Å²) in [5.74, 6) is 0.845. The Morgan fingerprint density at radius 2 is 2.08 bits per heavy atom. The van der Waals surface area contributed by atoms with E-state index in [-0.39, 0.29) is 24.4 Å². The Bertz CT molecular complexity index is 771. The summed E-state index contributed by atoms with van der Waals surface area (Å²) in [7, 11) is 1.68. The molecule has 4 nitrogen and oxygen atoms in total. The van der Waals surface area contributed by atoms with E-state index in [1.54, 1.807) is 13.1 Å². The molecule has 0 spiro atoms. The van der Waals surface area contributed by atoms with Crippen molar-refractivity contribution in [2.45, 2.75) is 24.8 Å². The van der Waals surface area contributed by atoms with Gasteiger partial charge in [-0.15, -0.1) is 11.3 Å². The largest absolute Gasteiger partial charge is 0.351 e. The van der Waals surface area contributed by atoms with Gasteiger partial charge in [0, 0.05) is 19.0 Å². The molecule has 2 aliphatic rings. The molecule has 24 heavy (non-hydrogen) atoms. The van der Waals surface area contributed by atoms with Crippen LogP contribution in [-0.4, -0.2) is 36.3 Å². The van der Waals surface area contributed by atoms with Gasteiger partial charge in [0.05, 0.1) is 11.4 Å². The number of likely N-dealkylation sites (N-methyl/N-ethyl adjacent to an activating group) is 1. The maximum Gasteiger partial charge on any atom is 0.264 e. The van der Waals surface area contributed by atoms with Gasteiger partial charge in [-0.05, 0) is 41.3 Å². The lowest BCUT2D eigenvalue weighted by molar-refractivity contribution is -0.121. The third kappa shape index (κ3) is 2.73. The molecule has 2 aliphatic carbocycles. The molecule has 2 aromatic rings. The number of hydrogen-bond acceptors (Lipinski definition) is 3. The predicted molar refractivity (Wildman–Crippen MR) is 94.2 cm³/mol. The van der Waals surface area contributed by atoms with Crippen LogP contribution in [0.15, 0.2) is 41.8 Å². The van der Waals surface area contributed by atoms with E-state index in [0.29, 0.717) is 16.7 Å². The number of thiophene rings is 1. The molecule has 1 aromatic heterocycles. The average Bonchev–Trinajstić information content (AvgIpc) is 3.03. The number of carbonyl (C=O) groups excluding carboxylic acids is 2. The fourth-order valence-electron chi connectivity index (χ4n) is 3.87. The Labute approximate surface area is 145 Å². The Balaban J connectivity index is 1.36. The van der Waals surface area contributed by atoms with Gasteiger partial charge in [-0.25, -0.2) is 0 Å². The Kier molecular flexibility index (Phi) is 3.88. The van der Waals surface area contributed by atoms with E-state index in [1.807, 2.05) is 11.4 Å². The lowest BCUT2D eigenvalue weighted by Gasteiger charge is -2.16. The lowest BCUT2D eigenvalue weighted by Crippen LogP contribution is -2.39. The van der Waals surface area contributed by atoms with Crippen molar-refractivity contribution >= 4 is 23.2 Å². The number of nitrogens with zero attached hydrogens (tertiary/aromatic N) is 1. The number of hydrogen-bond donors (Lipinski definition) is 1. The second kappa shape index (κ2) is 6.06. The highest BCUT2D eigenvalue weighted by Gasteiger charge is 2.53. The van der Waals surface area contributed by atoms with Gasteiger partial charge in [0.25, 0.3) is 5.91 Å². The van der Waals surface area contributed by atoms with Crippen molar-refractivity contribution in [1.82, 2.24) is 10.2 Å². The van der Waals surface area contributed by atoms with E-state index < -0.39 is 0 Å². The third-order valence-corrected chi connectivity index (χ3v) is 5.97. The molecule has 1 fully saturated rings. The lowest BCUT2D eigenvalue weighted by atomic mass is 9.92. The van der Waals surface area contributed by atoms with Crippen molar-refractivity contribution in [2.75, 3.05) is 13.6 Å². The first-order chi connectivity index (χ1) is 11.6. The number of nitrogens with one attached hydrogen (secondary N) is 1. The molecule has 1 aromatic carbocycles. The molecule has 1 N–H and O–H groups in total. The van der Waals surface area contributed by atoms with Crippen molar-refractivity contribution in [3.05, 3.63) is 57.8 Å². The first kappa shape index (κ1) is 15.4. The van der Waals surface area contributed by atoms with Gasteiger partial charge < -0.3 is 10.2 Å². The Morgan fingerprint density at radius 1 is 1.25 bits per heavy atom.